The van der Waals surface area contributed by atoms with Crippen LogP contribution in [0.5, 0.6) is 0 Å². The van der Waals surface area contributed by atoms with Crippen LogP contribution in [0.1, 0.15) is 81.4 Å². The molecule has 3 fully saturated rings. The van der Waals surface area contributed by atoms with Gasteiger partial charge in [-0.25, -0.2) is 8.78 Å². The number of carbonyl (C=O) groups is 1. The Morgan fingerprint density at radius 2 is 1.67 bits per heavy atom. The van der Waals surface area contributed by atoms with E-state index in [0.29, 0.717) is 23.7 Å². The Kier molecular flexibility index (Phi) is 5.49. The lowest BCUT2D eigenvalue weighted by atomic mass is 9.71. The first-order valence-corrected chi connectivity index (χ1v) is 10.4. The fourth-order valence-corrected chi connectivity index (χ4v) is 4.95. The molecule has 1 aliphatic carbocycles. The molecule has 0 bridgehead atoms. The van der Waals surface area contributed by atoms with E-state index in [1.54, 1.807) is 12.1 Å². The fraction of sp³-hybridized carbons (Fsp3) is 0.682. The summed E-state index contributed by atoms with van der Waals surface area (Å²) in [7, 11) is 0. The predicted octanol–water partition coefficient (Wildman–Crippen LogP) is 5.43. The van der Waals surface area contributed by atoms with Crippen molar-refractivity contribution in [2.24, 2.45) is 11.8 Å². The number of hydrogen-bond acceptors (Lipinski definition) is 3. The summed E-state index contributed by atoms with van der Waals surface area (Å²) in [6.45, 7) is 2.57. The fourth-order valence-electron chi connectivity index (χ4n) is 4.95. The minimum atomic E-state index is -0.755. The van der Waals surface area contributed by atoms with Gasteiger partial charge in [0.15, 0.2) is 11.6 Å². The van der Waals surface area contributed by atoms with Gasteiger partial charge in [-0.05, 0) is 62.3 Å². The lowest BCUT2D eigenvalue weighted by molar-refractivity contribution is -0.164. The number of esters is 1. The molecule has 3 aliphatic rings. The van der Waals surface area contributed by atoms with Crippen molar-refractivity contribution in [2.75, 3.05) is 6.61 Å². The van der Waals surface area contributed by atoms with Crippen LogP contribution in [-0.4, -0.2) is 18.7 Å². The van der Waals surface area contributed by atoms with Crippen molar-refractivity contribution in [1.29, 1.82) is 0 Å². The van der Waals surface area contributed by atoms with Crippen LogP contribution in [-0.2, 0) is 14.3 Å². The third-order valence-corrected chi connectivity index (χ3v) is 6.60. The molecular weight excluding hydrogens is 350 g/mol. The van der Waals surface area contributed by atoms with Gasteiger partial charge in [-0.1, -0.05) is 25.5 Å². The normalized spacial score (nSPS) is 33.6. The third-order valence-electron chi connectivity index (χ3n) is 6.60. The highest BCUT2D eigenvalue weighted by atomic mass is 19.2. The highest BCUT2D eigenvalue weighted by molar-refractivity contribution is 5.73. The molecule has 5 heteroatoms. The van der Waals surface area contributed by atoms with E-state index >= 15 is 0 Å². The largest absolute Gasteiger partial charge is 0.462 e. The van der Waals surface area contributed by atoms with Gasteiger partial charge < -0.3 is 9.47 Å². The van der Waals surface area contributed by atoms with Gasteiger partial charge in [0.25, 0.3) is 0 Å². The molecule has 0 N–H and O–H groups in total. The van der Waals surface area contributed by atoms with Crippen molar-refractivity contribution in [2.45, 2.75) is 76.4 Å². The summed E-state index contributed by atoms with van der Waals surface area (Å²) in [6.07, 6.45) is 6.96. The summed E-state index contributed by atoms with van der Waals surface area (Å²) in [4.78, 5) is 12.4. The van der Waals surface area contributed by atoms with E-state index in [1.165, 1.54) is 0 Å². The smallest absolute Gasteiger partial charge is 0.309 e. The van der Waals surface area contributed by atoms with E-state index in [0.717, 1.165) is 51.4 Å². The maximum Gasteiger partial charge on any atom is 0.309 e. The van der Waals surface area contributed by atoms with Crippen LogP contribution in [0.4, 0.5) is 8.78 Å². The van der Waals surface area contributed by atoms with E-state index in [2.05, 4.69) is 6.92 Å². The first-order valence-electron chi connectivity index (χ1n) is 10.4. The highest BCUT2D eigenvalue weighted by Crippen LogP contribution is 2.43. The molecule has 27 heavy (non-hydrogen) atoms. The molecule has 0 radical (unpaired) electrons. The molecule has 4 rings (SSSR count). The number of rotatable bonds is 5. The first kappa shape index (κ1) is 18.9. The van der Waals surface area contributed by atoms with Gasteiger partial charge >= 0.3 is 5.97 Å². The van der Waals surface area contributed by atoms with Crippen molar-refractivity contribution in [3.63, 3.8) is 0 Å². The van der Waals surface area contributed by atoms with Gasteiger partial charge in [-0.3, -0.25) is 4.79 Å². The summed E-state index contributed by atoms with van der Waals surface area (Å²) >= 11 is 0. The summed E-state index contributed by atoms with van der Waals surface area (Å²) in [5.41, 5.74) is 0.807. The number of benzene rings is 1. The van der Waals surface area contributed by atoms with Crippen molar-refractivity contribution in [1.82, 2.24) is 0 Å². The zero-order valence-electron chi connectivity index (χ0n) is 15.9. The molecular formula is C22H28F2O3. The Labute approximate surface area is 159 Å². The van der Waals surface area contributed by atoms with Crippen molar-refractivity contribution < 1.29 is 23.0 Å². The molecule has 1 saturated carbocycles. The van der Waals surface area contributed by atoms with Crippen LogP contribution in [0.3, 0.4) is 0 Å². The van der Waals surface area contributed by atoms with E-state index in [9.17, 15) is 13.6 Å². The Balaban J connectivity index is 1.37. The van der Waals surface area contributed by atoms with Gasteiger partial charge in [0.05, 0.1) is 12.5 Å². The topological polar surface area (TPSA) is 38.8 Å². The minimum absolute atomic E-state index is 0.0185. The van der Waals surface area contributed by atoms with Crippen LogP contribution >= 0.6 is 0 Å². The minimum Gasteiger partial charge on any atom is -0.462 e. The maximum absolute atomic E-state index is 14.6. The zero-order chi connectivity index (χ0) is 19.0. The van der Waals surface area contributed by atoms with Gasteiger partial charge in [0.1, 0.15) is 12.2 Å². The second-order valence-electron chi connectivity index (χ2n) is 8.34. The molecule has 2 aliphatic heterocycles. The van der Waals surface area contributed by atoms with E-state index in [-0.39, 0.29) is 30.0 Å². The molecule has 1 aromatic carbocycles. The summed E-state index contributed by atoms with van der Waals surface area (Å²) < 4.78 is 39.6. The van der Waals surface area contributed by atoms with E-state index < -0.39 is 11.6 Å². The van der Waals surface area contributed by atoms with Crippen molar-refractivity contribution in [3.8, 4) is 0 Å². The molecule has 0 amide bonds. The van der Waals surface area contributed by atoms with Crippen LogP contribution < -0.4 is 0 Å². The van der Waals surface area contributed by atoms with E-state index in [4.69, 9.17) is 9.47 Å². The number of hydrogen-bond donors (Lipinski definition) is 0. The van der Waals surface area contributed by atoms with Crippen LogP contribution in [0.15, 0.2) is 12.1 Å². The molecule has 1 aromatic rings. The van der Waals surface area contributed by atoms with Crippen LogP contribution in [0.2, 0.25) is 0 Å². The van der Waals surface area contributed by atoms with Crippen LogP contribution in [0, 0.1) is 23.5 Å². The summed E-state index contributed by atoms with van der Waals surface area (Å²) in [5.74, 6) is -1.20. The quantitative estimate of drug-likeness (QED) is 0.506. The van der Waals surface area contributed by atoms with Crippen molar-refractivity contribution >= 4 is 5.97 Å². The Morgan fingerprint density at radius 1 is 1.00 bits per heavy atom. The van der Waals surface area contributed by atoms with E-state index in [1.807, 2.05) is 0 Å². The number of carbonyl (C=O) groups excluding carboxylic acids is 1. The molecule has 0 aromatic heterocycles. The zero-order valence-corrected chi connectivity index (χ0v) is 15.9. The van der Waals surface area contributed by atoms with Gasteiger partial charge in [0, 0.05) is 5.56 Å². The Hall–Kier alpha value is -1.49. The molecule has 3 nitrogen and oxygen atoms in total. The first-order chi connectivity index (χ1) is 13.1. The Morgan fingerprint density at radius 3 is 2.30 bits per heavy atom. The van der Waals surface area contributed by atoms with Gasteiger partial charge in [0.2, 0.25) is 0 Å². The summed E-state index contributed by atoms with van der Waals surface area (Å²) in [6, 6.07) is 3.40. The standard InChI is InChI=1S/C22H28F2O3/c1-2-3-15-8-9-17(22(25)27-15)14-6-4-13(5-7-14)16-10-11-18(19-12-26-19)21(24)20(16)23/h10-11,13-15,17,19H,2-9,12H2,1H3. The number of ether oxygens (including phenoxy) is 2. The van der Waals surface area contributed by atoms with Crippen molar-refractivity contribution in [3.05, 3.63) is 34.9 Å². The number of halogens is 2. The average Bonchev–Trinajstić information content (AvgIpc) is 3.50. The molecule has 0 spiro atoms. The van der Waals surface area contributed by atoms with Gasteiger partial charge in [-0.15, -0.1) is 0 Å². The number of epoxide rings is 1. The predicted molar refractivity (Wildman–Crippen MR) is 97.3 cm³/mol. The molecule has 3 atom stereocenters. The average molecular weight is 378 g/mol. The lowest BCUT2D eigenvalue weighted by Gasteiger charge is -2.36. The van der Waals surface area contributed by atoms with Crippen LogP contribution in [0.25, 0.3) is 0 Å². The number of cyclic esters (lactones) is 1. The molecule has 3 unspecified atom stereocenters. The van der Waals surface area contributed by atoms with Gasteiger partial charge in [-0.2, -0.15) is 0 Å². The molecule has 2 saturated heterocycles. The SMILES string of the molecule is CCCC1CCC(C2CCC(c3ccc(C4CO4)c(F)c3F)CC2)C(=O)O1. The molecule has 2 heterocycles. The lowest BCUT2D eigenvalue weighted by Crippen LogP contribution is -2.36. The highest BCUT2D eigenvalue weighted by Gasteiger charge is 2.38. The maximum atomic E-state index is 14.6. The summed E-state index contributed by atoms with van der Waals surface area (Å²) in [5, 5.41) is 0. The second-order valence-corrected chi connectivity index (χ2v) is 8.34. The second kappa shape index (κ2) is 7.86. The molecule has 148 valence electrons. The third kappa shape index (κ3) is 3.89. The Bertz CT molecular complexity index is 693. The monoisotopic (exact) mass is 378 g/mol.